The van der Waals surface area contributed by atoms with Gasteiger partial charge >= 0.3 is 0 Å². The highest BCUT2D eigenvalue weighted by Gasteiger charge is 2.18. The molecule has 5 rings (SSSR count). The quantitative estimate of drug-likeness (QED) is 0.224. The number of para-hydroxylation sites is 1. The fourth-order valence-corrected chi connectivity index (χ4v) is 5.89. The number of benzene rings is 2. The molecule has 0 unspecified atom stereocenters. The molecule has 3 heterocycles. The van der Waals surface area contributed by atoms with Gasteiger partial charge in [0.2, 0.25) is 0 Å². The summed E-state index contributed by atoms with van der Waals surface area (Å²) in [5.41, 5.74) is 3.47. The second-order valence-electron chi connectivity index (χ2n) is 8.60. The summed E-state index contributed by atoms with van der Waals surface area (Å²) in [7, 11) is -1.27. The summed E-state index contributed by atoms with van der Waals surface area (Å²) in [6.07, 6.45) is 2.89. The summed E-state index contributed by atoms with van der Waals surface area (Å²) in [5, 5.41) is 5.51. The molecule has 0 fully saturated rings. The minimum atomic E-state index is -3.29. The van der Waals surface area contributed by atoms with Gasteiger partial charge in [0.15, 0.2) is 9.84 Å². The third-order valence-electron chi connectivity index (χ3n) is 5.68. The number of rotatable bonds is 8. The molecule has 0 saturated heterocycles. The van der Waals surface area contributed by atoms with Gasteiger partial charge in [-0.05, 0) is 67.2 Å². The molecule has 0 aliphatic heterocycles. The van der Waals surface area contributed by atoms with E-state index in [0.29, 0.717) is 23.0 Å². The molecular weight excluding hydrogens is 514 g/mol. The molecule has 9 heteroatoms. The molecule has 0 bridgehead atoms. The first-order chi connectivity index (χ1) is 17.3. The van der Waals surface area contributed by atoms with Crippen LogP contribution in [0.2, 0.25) is 5.02 Å². The van der Waals surface area contributed by atoms with Crippen LogP contribution in [0.3, 0.4) is 0 Å². The maximum atomic E-state index is 12.0. The van der Waals surface area contributed by atoms with E-state index in [1.165, 1.54) is 6.26 Å². The smallest absolute Gasteiger partial charge is 0.175 e. The molecule has 0 atom stereocenters. The van der Waals surface area contributed by atoms with Crippen molar-refractivity contribution in [3.63, 3.8) is 0 Å². The molecule has 36 heavy (non-hydrogen) atoms. The van der Waals surface area contributed by atoms with E-state index in [1.54, 1.807) is 35.8 Å². The summed E-state index contributed by atoms with van der Waals surface area (Å²) in [4.78, 5) is 4.41. The predicted molar refractivity (Wildman–Crippen MR) is 144 cm³/mol. The molecule has 0 amide bonds. The maximum Gasteiger partial charge on any atom is 0.175 e. The van der Waals surface area contributed by atoms with Crippen LogP contribution >= 0.6 is 22.9 Å². The van der Waals surface area contributed by atoms with E-state index < -0.39 is 9.84 Å². The monoisotopic (exact) mass is 537 g/mol. The van der Waals surface area contributed by atoms with Crippen LogP contribution in [0.5, 0.6) is 0 Å². The van der Waals surface area contributed by atoms with Crippen LogP contribution in [0.15, 0.2) is 94.4 Å². The van der Waals surface area contributed by atoms with E-state index in [4.69, 9.17) is 21.1 Å². The molecule has 6 nitrogen and oxygen atoms in total. The van der Waals surface area contributed by atoms with Crippen LogP contribution in [0.1, 0.15) is 11.5 Å². The molecule has 0 saturated carbocycles. The third-order valence-corrected chi connectivity index (χ3v) is 8.27. The van der Waals surface area contributed by atoms with Crippen LogP contribution < -0.4 is 0 Å². The molecule has 0 spiro atoms. The Morgan fingerprint density at radius 2 is 1.78 bits per heavy atom. The van der Waals surface area contributed by atoms with Crippen molar-refractivity contribution in [3.05, 3.63) is 102 Å². The lowest BCUT2D eigenvalue weighted by molar-refractivity contribution is 0.284. The number of hydrogen-bond donors (Lipinski definition) is 0. The number of halogens is 1. The molecule has 5 aromatic rings. The Morgan fingerprint density at radius 1 is 0.972 bits per heavy atom. The summed E-state index contributed by atoms with van der Waals surface area (Å²) in [6, 6.07) is 24.6. The van der Waals surface area contributed by atoms with Crippen molar-refractivity contribution in [2.45, 2.75) is 18.0 Å². The Hall–Kier alpha value is -3.17. The zero-order chi connectivity index (χ0) is 25.3. The van der Waals surface area contributed by atoms with Crippen LogP contribution in [0, 0.1) is 0 Å². The number of sulfone groups is 1. The van der Waals surface area contributed by atoms with Gasteiger partial charge in [-0.15, -0.1) is 11.3 Å². The average molecular weight is 538 g/mol. The average Bonchev–Trinajstić information content (AvgIpc) is 3.60. The van der Waals surface area contributed by atoms with Gasteiger partial charge in [0.1, 0.15) is 5.76 Å². The van der Waals surface area contributed by atoms with Crippen LogP contribution in [0.25, 0.3) is 26.7 Å². The SMILES string of the molecule is CN(Cc1cc(-c2ccc(-c3cccc(S(C)(=O)=O)c3)s2)n(-c2ccccc2Cl)n1)Cc1ccco1. The normalized spacial score (nSPS) is 11.9. The van der Waals surface area contributed by atoms with Gasteiger partial charge in [-0.25, -0.2) is 13.1 Å². The largest absolute Gasteiger partial charge is 0.468 e. The molecule has 0 N–H and O–H groups in total. The highest BCUT2D eigenvalue weighted by Crippen LogP contribution is 2.37. The number of furan rings is 1. The van der Waals surface area contributed by atoms with Gasteiger partial charge in [0.05, 0.1) is 44.7 Å². The number of hydrogen-bond acceptors (Lipinski definition) is 6. The minimum Gasteiger partial charge on any atom is -0.468 e. The molecule has 0 aliphatic rings. The first-order valence-corrected chi connectivity index (χ1v) is 14.3. The van der Waals surface area contributed by atoms with Crippen LogP contribution in [-0.4, -0.2) is 36.4 Å². The highest BCUT2D eigenvalue weighted by molar-refractivity contribution is 7.90. The number of aromatic nitrogens is 2. The third kappa shape index (κ3) is 5.32. The van der Waals surface area contributed by atoms with E-state index in [2.05, 4.69) is 11.0 Å². The van der Waals surface area contributed by atoms with Crippen molar-refractivity contribution < 1.29 is 12.8 Å². The Bertz CT molecular complexity index is 1600. The van der Waals surface area contributed by atoms with Gasteiger partial charge in [-0.2, -0.15) is 5.10 Å². The maximum absolute atomic E-state index is 12.0. The van der Waals surface area contributed by atoms with Crippen molar-refractivity contribution >= 4 is 32.8 Å². The molecule has 0 radical (unpaired) electrons. The van der Waals surface area contributed by atoms with E-state index in [9.17, 15) is 8.42 Å². The first-order valence-electron chi connectivity index (χ1n) is 11.2. The fraction of sp³-hybridized carbons (Fsp3) is 0.148. The summed E-state index contributed by atoms with van der Waals surface area (Å²) in [5.74, 6) is 0.891. The van der Waals surface area contributed by atoms with Gasteiger partial charge < -0.3 is 4.42 Å². The number of nitrogens with zero attached hydrogens (tertiary/aromatic N) is 3. The van der Waals surface area contributed by atoms with Crippen molar-refractivity contribution in [1.29, 1.82) is 0 Å². The van der Waals surface area contributed by atoms with E-state index in [-0.39, 0.29) is 0 Å². The van der Waals surface area contributed by atoms with Crippen molar-refractivity contribution in [2.24, 2.45) is 0 Å². The van der Waals surface area contributed by atoms with Crippen molar-refractivity contribution in [2.75, 3.05) is 13.3 Å². The molecule has 2 aromatic carbocycles. The van der Waals surface area contributed by atoms with Crippen LogP contribution in [-0.2, 0) is 22.9 Å². The van der Waals surface area contributed by atoms with Crippen molar-refractivity contribution in [1.82, 2.24) is 14.7 Å². The zero-order valence-corrected chi connectivity index (χ0v) is 22.1. The lowest BCUT2D eigenvalue weighted by Crippen LogP contribution is -2.17. The summed E-state index contributed by atoms with van der Waals surface area (Å²) < 4.78 is 31.4. The lowest BCUT2D eigenvalue weighted by Gasteiger charge is -2.13. The summed E-state index contributed by atoms with van der Waals surface area (Å²) >= 11 is 8.13. The number of thiophene rings is 1. The predicted octanol–water partition coefficient (Wildman–Crippen LogP) is 6.55. The molecule has 0 aliphatic carbocycles. The van der Waals surface area contributed by atoms with E-state index in [1.807, 2.05) is 66.3 Å². The van der Waals surface area contributed by atoms with Gasteiger partial charge in [0.25, 0.3) is 0 Å². The Kier molecular flexibility index (Phi) is 6.85. The second-order valence-corrected chi connectivity index (χ2v) is 12.1. The molecule has 184 valence electrons. The zero-order valence-electron chi connectivity index (χ0n) is 19.8. The lowest BCUT2D eigenvalue weighted by atomic mass is 10.2. The van der Waals surface area contributed by atoms with E-state index >= 15 is 0 Å². The molecule has 3 aromatic heterocycles. The van der Waals surface area contributed by atoms with Crippen LogP contribution in [0.4, 0.5) is 0 Å². The fourth-order valence-electron chi connectivity index (χ4n) is 4.00. The van der Waals surface area contributed by atoms with Crippen molar-refractivity contribution in [3.8, 4) is 26.7 Å². The second kappa shape index (κ2) is 10.1. The summed E-state index contributed by atoms with van der Waals surface area (Å²) in [6.45, 7) is 1.29. The van der Waals surface area contributed by atoms with Gasteiger partial charge in [-0.1, -0.05) is 35.9 Å². The van der Waals surface area contributed by atoms with Gasteiger partial charge in [0, 0.05) is 17.7 Å². The Labute approximate surface area is 219 Å². The van der Waals surface area contributed by atoms with E-state index in [0.717, 1.165) is 38.2 Å². The topological polar surface area (TPSA) is 68.3 Å². The Balaban J connectivity index is 1.52. The highest BCUT2D eigenvalue weighted by atomic mass is 35.5. The molecular formula is C27H24ClN3O3S2. The standard InChI is InChI=1S/C27H24ClN3O3S2/c1-30(18-21-8-6-14-34-21)17-20-16-25(31(29-20)24-11-4-3-10-23(24)28)27-13-12-26(35-27)19-7-5-9-22(15-19)36(2,32)33/h3-16H,17-18H2,1-2H3. The van der Waals surface area contributed by atoms with Gasteiger partial charge in [-0.3, -0.25) is 4.90 Å². The minimum absolute atomic E-state index is 0.304. The first kappa shape index (κ1) is 24.5. The Morgan fingerprint density at radius 3 is 2.53 bits per heavy atom.